The Morgan fingerprint density at radius 2 is 1.59 bits per heavy atom. The van der Waals surface area contributed by atoms with Crippen molar-refractivity contribution >= 4 is 27.3 Å². The first-order chi connectivity index (χ1) is 16.3. The molecule has 0 spiro atoms. The van der Waals surface area contributed by atoms with Crippen LogP contribution in [0.2, 0.25) is 0 Å². The van der Waals surface area contributed by atoms with Crippen molar-refractivity contribution in [3.05, 3.63) is 54.3 Å². The standard InChI is InChI=1S/C25H33FN4O3S/c1-28(22-5-3-2-4-6-22)34(32,33)24-13-9-21(10-14-24)27-25(31)19-29-15-17-30(18-16-29)23-11-7-20(26)8-12-23/h7-14,22H,2-6,15-19H2,1H3,(H,27,31). The summed E-state index contributed by atoms with van der Waals surface area (Å²) < 4.78 is 40.6. The zero-order valence-electron chi connectivity index (χ0n) is 19.6. The third-order valence-corrected chi connectivity index (χ3v) is 8.76. The molecule has 1 N–H and O–H groups in total. The number of nitrogens with one attached hydrogen (secondary N) is 1. The third-order valence-electron chi connectivity index (χ3n) is 6.84. The smallest absolute Gasteiger partial charge is 0.243 e. The maximum Gasteiger partial charge on any atom is 0.243 e. The van der Waals surface area contributed by atoms with Gasteiger partial charge in [0, 0.05) is 50.6 Å². The number of carbonyl (C=O) groups is 1. The van der Waals surface area contributed by atoms with Crippen molar-refractivity contribution < 1.29 is 17.6 Å². The molecule has 2 aliphatic rings. The van der Waals surface area contributed by atoms with E-state index in [1.54, 1.807) is 43.4 Å². The molecule has 1 aliphatic carbocycles. The second-order valence-electron chi connectivity index (χ2n) is 9.13. The van der Waals surface area contributed by atoms with Gasteiger partial charge in [-0.1, -0.05) is 19.3 Å². The maximum atomic E-state index is 13.1. The van der Waals surface area contributed by atoms with E-state index in [1.807, 2.05) is 0 Å². The molecule has 4 rings (SSSR count). The van der Waals surface area contributed by atoms with E-state index in [0.29, 0.717) is 5.69 Å². The summed E-state index contributed by atoms with van der Waals surface area (Å²) in [5, 5.41) is 2.87. The van der Waals surface area contributed by atoms with Crippen LogP contribution in [-0.4, -0.2) is 69.3 Å². The Labute approximate surface area is 201 Å². The summed E-state index contributed by atoms with van der Waals surface area (Å²) in [6.07, 6.45) is 5.11. The fourth-order valence-electron chi connectivity index (χ4n) is 4.74. The average Bonchev–Trinajstić information content (AvgIpc) is 2.85. The number of sulfonamides is 1. The van der Waals surface area contributed by atoms with E-state index in [0.717, 1.165) is 57.5 Å². The molecule has 0 aromatic heterocycles. The van der Waals surface area contributed by atoms with Crippen molar-refractivity contribution in [2.24, 2.45) is 0 Å². The predicted molar refractivity (Wildman–Crippen MR) is 132 cm³/mol. The first kappa shape index (κ1) is 24.6. The molecule has 1 aliphatic heterocycles. The number of rotatable bonds is 7. The first-order valence-electron chi connectivity index (χ1n) is 11.9. The Morgan fingerprint density at radius 3 is 2.21 bits per heavy atom. The number of nitrogens with zero attached hydrogens (tertiary/aromatic N) is 3. The second kappa shape index (κ2) is 10.8. The van der Waals surface area contributed by atoms with Gasteiger partial charge in [-0.3, -0.25) is 9.69 Å². The summed E-state index contributed by atoms with van der Waals surface area (Å²) in [5.41, 5.74) is 1.56. The van der Waals surface area contributed by atoms with Crippen LogP contribution in [0.3, 0.4) is 0 Å². The molecule has 2 aromatic rings. The van der Waals surface area contributed by atoms with Crippen molar-refractivity contribution in [1.82, 2.24) is 9.21 Å². The number of hydrogen-bond acceptors (Lipinski definition) is 5. The lowest BCUT2D eigenvalue weighted by atomic mass is 9.96. The lowest BCUT2D eigenvalue weighted by Crippen LogP contribution is -2.48. The largest absolute Gasteiger partial charge is 0.369 e. The second-order valence-corrected chi connectivity index (χ2v) is 11.1. The molecule has 0 unspecified atom stereocenters. The van der Waals surface area contributed by atoms with Crippen LogP contribution in [0.1, 0.15) is 32.1 Å². The van der Waals surface area contributed by atoms with Gasteiger partial charge in [0.1, 0.15) is 5.82 Å². The Morgan fingerprint density at radius 1 is 0.971 bits per heavy atom. The van der Waals surface area contributed by atoms with Crippen LogP contribution in [0, 0.1) is 5.82 Å². The Kier molecular flexibility index (Phi) is 7.85. The van der Waals surface area contributed by atoms with E-state index >= 15 is 0 Å². The molecule has 0 radical (unpaired) electrons. The number of anilines is 2. The number of piperazine rings is 1. The van der Waals surface area contributed by atoms with Gasteiger partial charge < -0.3 is 10.2 Å². The summed E-state index contributed by atoms with van der Waals surface area (Å²) in [6, 6.07) is 12.9. The molecular weight excluding hydrogens is 455 g/mol. The first-order valence-corrected chi connectivity index (χ1v) is 13.4. The van der Waals surface area contributed by atoms with Gasteiger partial charge in [-0.25, -0.2) is 12.8 Å². The van der Waals surface area contributed by atoms with E-state index in [-0.39, 0.29) is 29.2 Å². The summed E-state index contributed by atoms with van der Waals surface area (Å²) in [6.45, 7) is 3.26. The topological polar surface area (TPSA) is 73.0 Å². The Balaban J connectivity index is 1.27. The van der Waals surface area contributed by atoms with E-state index in [1.165, 1.54) is 22.9 Å². The minimum Gasteiger partial charge on any atom is -0.369 e. The molecule has 9 heteroatoms. The fourth-order valence-corrected chi connectivity index (χ4v) is 6.15. The Hall–Kier alpha value is -2.49. The van der Waals surface area contributed by atoms with Crippen molar-refractivity contribution in [3.8, 4) is 0 Å². The van der Waals surface area contributed by atoms with Crippen molar-refractivity contribution in [2.75, 3.05) is 50.0 Å². The summed E-state index contributed by atoms with van der Waals surface area (Å²) >= 11 is 0. The maximum absolute atomic E-state index is 13.1. The van der Waals surface area contributed by atoms with Crippen molar-refractivity contribution in [1.29, 1.82) is 0 Å². The summed E-state index contributed by atoms with van der Waals surface area (Å²) in [5.74, 6) is -0.383. The molecule has 2 aromatic carbocycles. The van der Waals surface area contributed by atoms with Gasteiger partial charge >= 0.3 is 0 Å². The Bertz CT molecular complexity index is 1060. The average molecular weight is 489 g/mol. The van der Waals surface area contributed by atoms with Crippen LogP contribution >= 0.6 is 0 Å². The highest BCUT2D eigenvalue weighted by atomic mass is 32.2. The SMILES string of the molecule is CN(C1CCCCC1)S(=O)(=O)c1ccc(NC(=O)CN2CCN(c3ccc(F)cc3)CC2)cc1. The number of benzene rings is 2. The van der Waals surface area contributed by atoms with Gasteiger partial charge in [0.25, 0.3) is 0 Å². The third kappa shape index (κ3) is 5.95. The molecule has 0 bridgehead atoms. The molecule has 34 heavy (non-hydrogen) atoms. The number of amides is 1. The van der Waals surface area contributed by atoms with Crippen LogP contribution < -0.4 is 10.2 Å². The minimum atomic E-state index is -3.55. The highest BCUT2D eigenvalue weighted by Gasteiger charge is 2.29. The molecule has 1 heterocycles. The molecule has 1 saturated carbocycles. The molecule has 0 atom stereocenters. The van der Waals surface area contributed by atoms with Gasteiger partial charge in [0.2, 0.25) is 15.9 Å². The van der Waals surface area contributed by atoms with Crippen LogP contribution in [0.25, 0.3) is 0 Å². The highest BCUT2D eigenvalue weighted by Crippen LogP contribution is 2.27. The highest BCUT2D eigenvalue weighted by molar-refractivity contribution is 7.89. The normalized spacial score (nSPS) is 18.3. The lowest BCUT2D eigenvalue weighted by molar-refractivity contribution is -0.117. The van der Waals surface area contributed by atoms with E-state index < -0.39 is 10.0 Å². The van der Waals surface area contributed by atoms with Gasteiger partial charge in [-0.05, 0) is 61.4 Å². The molecular formula is C25H33FN4O3S. The molecule has 2 fully saturated rings. The van der Waals surface area contributed by atoms with E-state index in [2.05, 4.69) is 15.1 Å². The zero-order valence-corrected chi connectivity index (χ0v) is 20.4. The quantitative estimate of drug-likeness (QED) is 0.646. The molecule has 1 amide bonds. The van der Waals surface area contributed by atoms with Crippen LogP contribution in [0.15, 0.2) is 53.4 Å². The molecule has 184 valence electrons. The fraction of sp³-hybridized carbons (Fsp3) is 0.480. The predicted octanol–water partition coefficient (Wildman–Crippen LogP) is 3.54. The van der Waals surface area contributed by atoms with Gasteiger partial charge in [-0.2, -0.15) is 4.31 Å². The minimum absolute atomic E-state index is 0.0571. The summed E-state index contributed by atoms with van der Waals surface area (Å²) in [4.78, 5) is 17.0. The van der Waals surface area contributed by atoms with Crippen molar-refractivity contribution in [2.45, 2.75) is 43.0 Å². The van der Waals surface area contributed by atoms with Crippen LogP contribution in [0.5, 0.6) is 0 Å². The molecule has 7 nitrogen and oxygen atoms in total. The van der Waals surface area contributed by atoms with Crippen LogP contribution in [-0.2, 0) is 14.8 Å². The van der Waals surface area contributed by atoms with Gasteiger partial charge in [-0.15, -0.1) is 0 Å². The molecule has 1 saturated heterocycles. The summed E-state index contributed by atoms with van der Waals surface area (Å²) in [7, 11) is -1.89. The number of halogens is 1. The van der Waals surface area contributed by atoms with Crippen molar-refractivity contribution in [3.63, 3.8) is 0 Å². The number of carbonyl (C=O) groups excluding carboxylic acids is 1. The van der Waals surface area contributed by atoms with Gasteiger partial charge in [0.15, 0.2) is 0 Å². The lowest BCUT2D eigenvalue weighted by Gasteiger charge is -2.35. The van der Waals surface area contributed by atoms with Crippen LogP contribution in [0.4, 0.5) is 15.8 Å². The van der Waals surface area contributed by atoms with E-state index in [9.17, 15) is 17.6 Å². The number of hydrogen-bond donors (Lipinski definition) is 1. The zero-order chi connectivity index (χ0) is 24.1. The van der Waals surface area contributed by atoms with E-state index in [4.69, 9.17) is 0 Å². The monoisotopic (exact) mass is 488 g/mol. The van der Waals surface area contributed by atoms with Gasteiger partial charge in [0.05, 0.1) is 11.4 Å².